The van der Waals surface area contributed by atoms with Crippen LogP contribution in [-0.4, -0.2) is 5.78 Å². The average Bonchev–Trinajstić information content (AvgIpc) is 2.90. The van der Waals surface area contributed by atoms with Gasteiger partial charge in [-0.15, -0.1) is 11.3 Å². The van der Waals surface area contributed by atoms with Gasteiger partial charge in [-0.3, -0.25) is 4.79 Å². The van der Waals surface area contributed by atoms with E-state index in [1.165, 1.54) is 16.9 Å². The third-order valence-electron chi connectivity index (χ3n) is 4.54. The highest BCUT2D eigenvalue weighted by atomic mass is 127. The van der Waals surface area contributed by atoms with Gasteiger partial charge in [0.15, 0.2) is 5.78 Å². The zero-order valence-corrected chi connectivity index (χ0v) is 15.5. The molecule has 0 unspecified atom stereocenters. The summed E-state index contributed by atoms with van der Waals surface area (Å²) in [5.41, 5.74) is 8.95. The molecule has 1 heterocycles. The van der Waals surface area contributed by atoms with Crippen LogP contribution in [-0.2, 0) is 12.8 Å². The minimum Gasteiger partial charge on any atom is -0.390 e. The summed E-state index contributed by atoms with van der Waals surface area (Å²) in [6.45, 7) is 0. The third-order valence-corrected chi connectivity index (χ3v) is 6.60. The summed E-state index contributed by atoms with van der Waals surface area (Å²) in [6, 6.07) is 12.1. The number of ketones is 1. The summed E-state index contributed by atoms with van der Waals surface area (Å²) >= 11 is 3.92. The maximum absolute atomic E-state index is 13.2. The van der Waals surface area contributed by atoms with E-state index in [4.69, 9.17) is 5.73 Å². The van der Waals surface area contributed by atoms with Crippen molar-refractivity contribution in [2.45, 2.75) is 25.7 Å². The molecule has 2 N–H and O–H groups in total. The van der Waals surface area contributed by atoms with Gasteiger partial charge in [-0.25, -0.2) is 0 Å². The van der Waals surface area contributed by atoms with Gasteiger partial charge in [0.25, 0.3) is 0 Å². The molecule has 0 saturated heterocycles. The Labute approximate surface area is 152 Å². The SMILES string of the molecule is Nc1sc2c(c1C(=O)c1ccc(I)c3ccccc13)CCCC2. The third kappa shape index (κ3) is 2.48. The Morgan fingerprint density at radius 3 is 2.61 bits per heavy atom. The number of anilines is 1. The first-order valence-corrected chi connectivity index (χ1v) is 9.68. The number of hydrogen-bond donors (Lipinski definition) is 1. The Balaban J connectivity index is 1.91. The van der Waals surface area contributed by atoms with Crippen LogP contribution in [0.2, 0.25) is 0 Å². The van der Waals surface area contributed by atoms with E-state index in [0.29, 0.717) is 5.00 Å². The van der Waals surface area contributed by atoms with Crippen LogP contribution in [0.1, 0.15) is 39.2 Å². The van der Waals surface area contributed by atoms with Crippen LogP contribution in [0.25, 0.3) is 10.8 Å². The molecule has 116 valence electrons. The highest BCUT2D eigenvalue weighted by molar-refractivity contribution is 14.1. The van der Waals surface area contributed by atoms with E-state index in [-0.39, 0.29) is 5.78 Å². The fourth-order valence-corrected chi connectivity index (χ4v) is 5.24. The zero-order chi connectivity index (χ0) is 16.0. The number of benzene rings is 2. The fourth-order valence-electron chi connectivity index (χ4n) is 3.43. The van der Waals surface area contributed by atoms with Gasteiger partial charge in [-0.2, -0.15) is 0 Å². The van der Waals surface area contributed by atoms with Gasteiger partial charge in [-0.1, -0.05) is 24.3 Å². The van der Waals surface area contributed by atoms with E-state index in [9.17, 15) is 4.79 Å². The number of hydrogen-bond acceptors (Lipinski definition) is 3. The van der Waals surface area contributed by atoms with Crippen LogP contribution in [0.3, 0.4) is 0 Å². The second-order valence-corrected chi connectivity index (χ2v) is 8.22. The Hall–Kier alpha value is -1.40. The van der Waals surface area contributed by atoms with Crippen LogP contribution in [0.4, 0.5) is 5.00 Å². The highest BCUT2D eigenvalue weighted by Gasteiger charge is 2.25. The predicted molar refractivity (Wildman–Crippen MR) is 105 cm³/mol. The smallest absolute Gasteiger partial charge is 0.196 e. The Morgan fingerprint density at radius 2 is 1.78 bits per heavy atom. The van der Waals surface area contributed by atoms with E-state index in [0.717, 1.165) is 44.7 Å². The second-order valence-electron chi connectivity index (χ2n) is 5.92. The van der Waals surface area contributed by atoms with Gasteiger partial charge in [0.2, 0.25) is 0 Å². The summed E-state index contributed by atoms with van der Waals surface area (Å²) in [6.07, 6.45) is 4.39. The topological polar surface area (TPSA) is 43.1 Å². The van der Waals surface area contributed by atoms with E-state index in [1.54, 1.807) is 11.3 Å². The molecule has 0 radical (unpaired) electrons. The molecule has 0 saturated carbocycles. The van der Waals surface area contributed by atoms with Crippen molar-refractivity contribution in [3.05, 3.63) is 61.5 Å². The minimum absolute atomic E-state index is 0.0782. The first kappa shape index (κ1) is 15.1. The van der Waals surface area contributed by atoms with E-state index in [2.05, 4.69) is 28.7 Å². The van der Waals surface area contributed by atoms with Crippen LogP contribution < -0.4 is 5.73 Å². The van der Waals surface area contributed by atoms with Crippen molar-refractivity contribution in [1.82, 2.24) is 0 Å². The van der Waals surface area contributed by atoms with Crippen molar-refractivity contribution >= 4 is 55.5 Å². The van der Waals surface area contributed by atoms with Gasteiger partial charge in [0.05, 0.1) is 10.6 Å². The normalized spacial score (nSPS) is 14.0. The Morgan fingerprint density at radius 1 is 1.04 bits per heavy atom. The maximum atomic E-state index is 13.2. The molecule has 0 fully saturated rings. The first-order valence-electron chi connectivity index (χ1n) is 7.79. The van der Waals surface area contributed by atoms with E-state index >= 15 is 0 Å². The van der Waals surface area contributed by atoms with Gasteiger partial charge in [0.1, 0.15) is 0 Å². The van der Waals surface area contributed by atoms with E-state index < -0.39 is 0 Å². The minimum atomic E-state index is 0.0782. The molecular weight excluding hydrogens is 417 g/mol. The molecule has 1 aliphatic carbocycles. The Kier molecular flexibility index (Phi) is 3.89. The van der Waals surface area contributed by atoms with Crippen LogP contribution in [0.15, 0.2) is 36.4 Å². The van der Waals surface area contributed by atoms with Crippen molar-refractivity contribution in [2.24, 2.45) is 0 Å². The summed E-state index contributed by atoms with van der Waals surface area (Å²) < 4.78 is 1.16. The number of fused-ring (bicyclic) bond motifs is 2. The molecule has 2 nitrogen and oxygen atoms in total. The predicted octanol–water partition coefficient (Wildman–Crippen LogP) is 5.20. The largest absolute Gasteiger partial charge is 0.390 e. The number of rotatable bonds is 2. The number of halogens is 1. The standard InChI is InChI=1S/C19H16INOS/c20-15-10-9-13(11-5-1-2-6-12(11)15)18(22)17-14-7-3-4-8-16(14)23-19(17)21/h1-2,5-6,9-10H,3-4,7-8,21H2. The maximum Gasteiger partial charge on any atom is 0.196 e. The molecule has 0 amide bonds. The molecule has 0 atom stereocenters. The average molecular weight is 433 g/mol. The number of nitrogen functional groups attached to an aromatic ring is 1. The quantitative estimate of drug-likeness (QED) is 0.446. The number of carbonyl (C=O) groups is 1. The summed E-state index contributed by atoms with van der Waals surface area (Å²) in [5, 5.41) is 2.82. The molecule has 3 aromatic rings. The van der Waals surface area contributed by atoms with Crippen LogP contribution in [0, 0.1) is 3.57 Å². The number of nitrogens with two attached hydrogens (primary N) is 1. The molecule has 0 spiro atoms. The molecule has 4 rings (SSSR count). The van der Waals surface area contributed by atoms with Crippen molar-refractivity contribution in [2.75, 3.05) is 5.73 Å². The van der Waals surface area contributed by atoms with Gasteiger partial charge in [-0.05, 0) is 76.7 Å². The summed E-state index contributed by atoms with van der Waals surface area (Å²) in [7, 11) is 0. The molecule has 2 aromatic carbocycles. The first-order chi connectivity index (χ1) is 11.2. The monoisotopic (exact) mass is 433 g/mol. The zero-order valence-electron chi connectivity index (χ0n) is 12.6. The molecule has 0 bridgehead atoms. The number of thiophene rings is 1. The Bertz CT molecular complexity index is 929. The number of carbonyl (C=O) groups excluding carboxylic acids is 1. The van der Waals surface area contributed by atoms with Crippen molar-refractivity contribution in [1.29, 1.82) is 0 Å². The second kappa shape index (κ2) is 5.91. The fraction of sp³-hybridized carbons (Fsp3) is 0.211. The van der Waals surface area contributed by atoms with Crippen LogP contribution in [0.5, 0.6) is 0 Å². The lowest BCUT2D eigenvalue weighted by Crippen LogP contribution is -2.09. The highest BCUT2D eigenvalue weighted by Crippen LogP contribution is 2.38. The molecule has 1 aromatic heterocycles. The molecule has 1 aliphatic rings. The van der Waals surface area contributed by atoms with Gasteiger partial charge >= 0.3 is 0 Å². The molecule has 4 heteroatoms. The van der Waals surface area contributed by atoms with Gasteiger partial charge < -0.3 is 5.73 Å². The summed E-state index contributed by atoms with van der Waals surface area (Å²) in [5.74, 6) is 0.0782. The van der Waals surface area contributed by atoms with Crippen molar-refractivity contribution < 1.29 is 4.79 Å². The van der Waals surface area contributed by atoms with E-state index in [1.807, 2.05) is 30.3 Å². The van der Waals surface area contributed by atoms with Gasteiger partial charge in [0, 0.05) is 14.0 Å². The number of aryl methyl sites for hydroxylation is 1. The molecule has 23 heavy (non-hydrogen) atoms. The lowest BCUT2D eigenvalue weighted by Gasteiger charge is -2.13. The summed E-state index contributed by atoms with van der Waals surface area (Å²) in [4.78, 5) is 14.6. The molecule has 0 aliphatic heterocycles. The lowest BCUT2D eigenvalue weighted by molar-refractivity contribution is 0.104. The van der Waals surface area contributed by atoms with Crippen molar-refractivity contribution in [3.8, 4) is 0 Å². The molecular formula is C19H16INOS. The van der Waals surface area contributed by atoms with Crippen molar-refractivity contribution in [3.63, 3.8) is 0 Å². The van der Waals surface area contributed by atoms with Crippen LogP contribution >= 0.6 is 33.9 Å². The lowest BCUT2D eigenvalue weighted by atomic mass is 9.90.